The van der Waals surface area contributed by atoms with Gasteiger partial charge in [-0.15, -0.1) is 0 Å². The fraction of sp³-hybridized carbons (Fsp3) is 0.294. The van der Waals surface area contributed by atoms with Crippen molar-refractivity contribution in [3.63, 3.8) is 0 Å². The molecule has 1 aromatic carbocycles. The number of ether oxygens (including phenoxy) is 1. The summed E-state index contributed by atoms with van der Waals surface area (Å²) in [6.07, 6.45) is 4.46. The summed E-state index contributed by atoms with van der Waals surface area (Å²) in [7, 11) is 1.94. The molecule has 2 rings (SSSR count). The van der Waals surface area contributed by atoms with Gasteiger partial charge in [0, 0.05) is 30.7 Å². The van der Waals surface area contributed by atoms with E-state index in [1.165, 1.54) is 0 Å². The summed E-state index contributed by atoms with van der Waals surface area (Å²) < 4.78 is 7.63. The third-order valence-corrected chi connectivity index (χ3v) is 3.06. The number of aromatic nitrogens is 2. The minimum Gasteiger partial charge on any atom is -0.494 e. The first-order valence-electron chi connectivity index (χ1n) is 7.27. The Morgan fingerprint density at radius 3 is 3.00 bits per heavy atom. The van der Waals surface area contributed by atoms with Crippen LogP contribution in [0.15, 0.2) is 53.9 Å². The van der Waals surface area contributed by atoms with Gasteiger partial charge in [-0.2, -0.15) is 0 Å². The van der Waals surface area contributed by atoms with Gasteiger partial charge in [-0.05, 0) is 32.0 Å². The third-order valence-electron chi connectivity index (χ3n) is 3.06. The molecule has 0 aliphatic rings. The zero-order chi connectivity index (χ0) is 15.9. The monoisotopic (exact) mass is 298 g/mol. The Balaban J connectivity index is 2.42. The van der Waals surface area contributed by atoms with Crippen molar-refractivity contribution in [2.24, 2.45) is 17.8 Å². The summed E-state index contributed by atoms with van der Waals surface area (Å²) >= 11 is 0. The first-order chi connectivity index (χ1) is 10.6. The molecule has 0 atom stereocenters. The molecule has 2 N–H and O–H groups in total. The predicted molar refractivity (Wildman–Crippen MR) is 88.2 cm³/mol. The van der Waals surface area contributed by atoms with E-state index in [0.717, 1.165) is 34.6 Å². The molecule has 0 spiro atoms. The maximum atomic E-state index is 5.70. The van der Waals surface area contributed by atoms with Crippen molar-refractivity contribution in [3.05, 3.63) is 54.4 Å². The van der Waals surface area contributed by atoms with Gasteiger partial charge in [-0.3, -0.25) is 4.98 Å². The van der Waals surface area contributed by atoms with Crippen LogP contribution in [-0.4, -0.2) is 22.7 Å². The number of hydrogen-bond donors (Lipinski definition) is 1. The lowest BCUT2D eigenvalue weighted by Gasteiger charge is -2.09. The summed E-state index contributed by atoms with van der Waals surface area (Å²) in [5.74, 6) is 0.806. The molecular formula is C17H22N4O. The second kappa shape index (κ2) is 7.56. The zero-order valence-corrected chi connectivity index (χ0v) is 13.1. The van der Waals surface area contributed by atoms with Crippen LogP contribution < -0.4 is 16.0 Å². The number of nitrogens with zero attached hydrogens (tertiary/aromatic N) is 3. The van der Waals surface area contributed by atoms with Crippen molar-refractivity contribution in [2.45, 2.75) is 13.3 Å². The van der Waals surface area contributed by atoms with Crippen LogP contribution in [0.2, 0.25) is 0 Å². The molecule has 0 amide bonds. The molecule has 1 aromatic heterocycles. The summed E-state index contributed by atoms with van der Waals surface area (Å²) in [4.78, 5) is 8.96. The Bertz CT molecular complexity index is 719. The minimum atomic E-state index is 0.610. The van der Waals surface area contributed by atoms with Gasteiger partial charge in [0.2, 0.25) is 0 Å². The van der Waals surface area contributed by atoms with E-state index < -0.39 is 0 Å². The van der Waals surface area contributed by atoms with Gasteiger partial charge >= 0.3 is 0 Å². The Morgan fingerprint density at radius 2 is 2.27 bits per heavy atom. The minimum absolute atomic E-state index is 0.610. The number of allylic oxidation sites excluding steroid dienone is 1. The molecule has 0 bridgehead atoms. The van der Waals surface area contributed by atoms with Gasteiger partial charge in [-0.25, -0.2) is 4.99 Å². The first kappa shape index (κ1) is 16.0. The molecular weight excluding hydrogens is 276 g/mol. The van der Waals surface area contributed by atoms with Crippen LogP contribution in [0.25, 0.3) is 11.3 Å². The first-order valence-corrected chi connectivity index (χ1v) is 7.27. The molecule has 0 radical (unpaired) electrons. The van der Waals surface area contributed by atoms with Gasteiger partial charge in [0.1, 0.15) is 11.4 Å². The molecule has 5 nitrogen and oxygen atoms in total. The number of benzene rings is 1. The molecule has 2 aromatic rings. The van der Waals surface area contributed by atoms with Crippen LogP contribution in [0, 0.1) is 0 Å². The van der Waals surface area contributed by atoms with E-state index in [0.29, 0.717) is 13.2 Å². The summed E-state index contributed by atoms with van der Waals surface area (Å²) in [5, 5.41) is 0. The van der Waals surface area contributed by atoms with E-state index in [9.17, 15) is 0 Å². The molecule has 0 saturated carbocycles. The Morgan fingerprint density at radius 1 is 1.45 bits per heavy atom. The molecule has 0 fully saturated rings. The number of aryl methyl sites for hydroxylation is 1. The van der Waals surface area contributed by atoms with Crippen LogP contribution in [0.4, 0.5) is 0 Å². The number of hydrogen-bond acceptors (Lipinski definition) is 4. The van der Waals surface area contributed by atoms with Crippen LogP contribution in [0.1, 0.15) is 13.3 Å². The van der Waals surface area contributed by atoms with Gasteiger partial charge < -0.3 is 15.0 Å². The van der Waals surface area contributed by atoms with Crippen molar-refractivity contribution >= 4 is 0 Å². The Hall–Kier alpha value is -2.40. The molecule has 0 unspecified atom stereocenters. The Labute approximate surface area is 130 Å². The number of nitrogens with two attached hydrogens (primary N) is 1. The van der Waals surface area contributed by atoms with Crippen molar-refractivity contribution in [3.8, 4) is 17.0 Å². The highest BCUT2D eigenvalue weighted by molar-refractivity contribution is 5.60. The normalized spacial score (nSPS) is 11.5. The second-order valence-electron chi connectivity index (χ2n) is 5.08. The van der Waals surface area contributed by atoms with Gasteiger partial charge in [0.25, 0.3) is 0 Å². The topological polar surface area (TPSA) is 65.4 Å². The van der Waals surface area contributed by atoms with Crippen molar-refractivity contribution in [1.29, 1.82) is 0 Å². The van der Waals surface area contributed by atoms with Gasteiger partial charge in [0.15, 0.2) is 5.49 Å². The van der Waals surface area contributed by atoms with Crippen molar-refractivity contribution < 1.29 is 4.74 Å². The lowest BCUT2D eigenvalue weighted by Crippen LogP contribution is -2.21. The van der Waals surface area contributed by atoms with Gasteiger partial charge in [0.05, 0.1) is 6.61 Å². The fourth-order valence-corrected chi connectivity index (χ4v) is 2.03. The van der Waals surface area contributed by atoms with Gasteiger partial charge in [-0.1, -0.05) is 18.7 Å². The quantitative estimate of drug-likeness (QED) is 0.832. The second-order valence-corrected chi connectivity index (χ2v) is 5.08. The SMILES string of the molecule is C=C(C)N=c1c(-c2cccc(OCCCN)c2)nccn1C. The number of rotatable bonds is 6. The van der Waals surface area contributed by atoms with E-state index >= 15 is 0 Å². The van der Waals surface area contributed by atoms with E-state index in [1.54, 1.807) is 6.20 Å². The summed E-state index contributed by atoms with van der Waals surface area (Å²) in [5.41, 5.74) is 8.75. The van der Waals surface area contributed by atoms with Crippen LogP contribution in [0.3, 0.4) is 0 Å². The molecule has 116 valence electrons. The molecule has 22 heavy (non-hydrogen) atoms. The van der Waals surface area contributed by atoms with E-state index in [1.807, 2.05) is 49.0 Å². The van der Waals surface area contributed by atoms with E-state index in [2.05, 4.69) is 16.6 Å². The molecule has 1 heterocycles. The maximum Gasteiger partial charge on any atom is 0.159 e. The Kier molecular flexibility index (Phi) is 5.49. The molecule has 0 saturated heterocycles. The zero-order valence-electron chi connectivity index (χ0n) is 13.1. The fourth-order valence-electron chi connectivity index (χ4n) is 2.03. The lowest BCUT2D eigenvalue weighted by molar-refractivity contribution is 0.313. The third kappa shape index (κ3) is 4.05. The predicted octanol–water partition coefficient (Wildman–Crippen LogP) is 2.25. The highest BCUT2D eigenvalue weighted by Gasteiger charge is 2.06. The highest BCUT2D eigenvalue weighted by atomic mass is 16.5. The average molecular weight is 298 g/mol. The van der Waals surface area contributed by atoms with E-state index in [-0.39, 0.29) is 0 Å². The summed E-state index contributed by atoms with van der Waals surface area (Å²) in [6.45, 7) is 6.95. The van der Waals surface area contributed by atoms with Crippen molar-refractivity contribution in [2.75, 3.05) is 13.2 Å². The maximum absolute atomic E-state index is 5.70. The average Bonchev–Trinajstić information content (AvgIpc) is 2.49. The molecule has 5 heteroatoms. The van der Waals surface area contributed by atoms with Crippen LogP contribution in [-0.2, 0) is 7.05 Å². The summed E-state index contributed by atoms with van der Waals surface area (Å²) in [6, 6.07) is 7.84. The highest BCUT2D eigenvalue weighted by Crippen LogP contribution is 2.20. The standard InChI is InChI=1S/C17H22N4O/c1-13(2)20-17-16(19-9-10-21(17)3)14-6-4-7-15(12-14)22-11-5-8-18/h4,6-7,9-10,12H,1,5,8,11,18H2,2-3H3. The molecule has 0 aliphatic heterocycles. The molecule has 0 aliphatic carbocycles. The smallest absolute Gasteiger partial charge is 0.159 e. The lowest BCUT2D eigenvalue weighted by atomic mass is 10.1. The van der Waals surface area contributed by atoms with Crippen molar-refractivity contribution in [1.82, 2.24) is 9.55 Å². The van der Waals surface area contributed by atoms with Crippen LogP contribution >= 0.6 is 0 Å². The van der Waals surface area contributed by atoms with Crippen LogP contribution in [0.5, 0.6) is 5.75 Å². The largest absolute Gasteiger partial charge is 0.494 e. The van der Waals surface area contributed by atoms with E-state index in [4.69, 9.17) is 10.5 Å².